The van der Waals surface area contributed by atoms with E-state index in [0.29, 0.717) is 15.6 Å². The first-order chi connectivity index (χ1) is 8.47. The van der Waals surface area contributed by atoms with Crippen LogP contribution in [0.5, 0.6) is 0 Å². The van der Waals surface area contributed by atoms with Crippen molar-refractivity contribution in [3.63, 3.8) is 0 Å². The molecule has 1 amide bonds. The number of amides is 1. The molecule has 94 valence electrons. The molecule has 2 aromatic heterocycles. The van der Waals surface area contributed by atoms with Crippen molar-refractivity contribution in [2.45, 2.75) is 12.5 Å². The number of hydrogen-bond acceptors (Lipinski definition) is 4. The molecule has 0 aromatic carbocycles. The number of carbonyl (C=O) groups excluding carboxylic acids is 1. The third-order valence-corrected chi connectivity index (χ3v) is 4.23. The molecule has 0 bridgehead atoms. The number of fused-ring (bicyclic) bond motifs is 1. The van der Waals surface area contributed by atoms with Gasteiger partial charge < -0.3 is 4.40 Å². The van der Waals surface area contributed by atoms with E-state index in [0.717, 1.165) is 0 Å². The first-order valence-electron chi connectivity index (χ1n) is 5.17. The summed E-state index contributed by atoms with van der Waals surface area (Å²) in [6.45, 7) is 0. The van der Waals surface area contributed by atoms with E-state index in [1.807, 2.05) is 12.1 Å². The highest BCUT2D eigenvalue weighted by Crippen LogP contribution is 2.37. The molecule has 0 radical (unpaired) electrons. The number of hydrogen-bond donors (Lipinski definition) is 0. The Morgan fingerprint density at radius 1 is 1.39 bits per heavy atom. The normalized spacial score (nSPS) is 20.2. The Bertz CT molecular complexity index is 707. The lowest BCUT2D eigenvalue weighted by molar-refractivity contribution is -0.137. The van der Waals surface area contributed by atoms with Crippen LogP contribution in [0.1, 0.15) is 18.2 Å². The van der Waals surface area contributed by atoms with Crippen LogP contribution in [0.4, 0.5) is 0 Å². The molecular weight excluding hydrogens is 278 g/mol. The topological polar surface area (TPSA) is 71.8 Å². The van der Waals surface area contributed by atoms with Gasteiger partial charge in [0, 0.05) is 23.1 Å². The van der Waals surface area contributed by atoms with E-state index in [-0.39, 0.29) is 6.42 Å². The van der Waals surface area contributed by atoms with E-state index >= 15 is 0 Å². The molecule has 1 saturated heterocycles. The minimum absolute atomic E-state index is 0.107. The van der Waals surface area contributed by atoms with Gasteiger partial charge in [0.15, 0.2) is 0 Å². The highest BCUT2D eigenvalue weighted by atomic mass is 35.7. The first-order valence-corrected chi connectivity index (χ1v) is 7.44. The maximum atomic E-state index is 11.3. The molecule has 1 atom stereocenters. The van der Waals surface area contributed by atoms with Gasteiger partial charge in [-0.2, -0.15) is 8.42 Å². The SMILES string of the molecule is O=C1CC(c2cn3ccccc3n2)N1S(=O)(=O)Cl. The number of β-lactam (4-membered cyclic amide) rings is 1. The van der Waals surface area contributed by atoms with E-state index < -0.39 is 21.2 Å². The van der Waals surface area contributed by atoms with Crippen molar-refractivity contribution in [3.05, 3.63) is 36.3 Å². The fourth-order valence-corrected chi connectivity index (χ4v) is 3.34. The molecule has 0 saturated carbocycles. The van der Waals surface area contributed by atoms with Gasteiger partial charge in [-0.3, -0.25) is 4.79 Å². The van der Waals surface area contributed by atoms with Gasteiger partial charge in [-0.25, -0.2) is 9.29 Å². The molecule has 1 unspecified atom stereocenters. The summed E-state index contributed by atoms with van der Waals surface area (Å²) in [6.07, 6.45) is 3.60. The standard InChI is InChI=1S/C10H8ClN3O3S/c11-18(16,17)14-8(5-10(14)15)7-6-13-4-2-1-3-9(13)12-7/h1-4,6,8H,5H2. The Morgan fingerprint density at radius 3 is 2.78 bits per heavy atom. The molecule has 1 aliphatic rings. The van der Waals surface area contributed by atoms with E-state index in [1.54, 1.807) is 22.9 Å². The molecule has 0 aliphatic carbocycles. The number of rotatable bonds is 2. The summed E-state index contributed by atoms with van der Waals surface area (Å²) in [5.74, 6) is -0.507. The third kappa shape index (κ3) is 1.67. The average molecular weight is 286 g/mol. The van der Waals surface area contributed by atoms with Gasteiger partial charge >= 0.3 is 9.24 Å². The quantitative estimate of drug-likeness (QED) is 0.612. The van der Waals surface area contributed by atoms with Gasteiger partial charge in [-0.15, -0.1) is 0 Å². The predicted molar refractivity (Wildman–Crippen MR) is 64.2 cm³/mol. The third-order valence-electron chi connectivity index (χ3n) is 2.86. The van der Waals surface area contributed by atoms with Crippen LogP contribution in [0.3, 0.4) is 0 Å². The van der Waals surface area contributed by atoms with Crippen LogP contribution in [0.25, 0.3) is 5.65 Å². The van der Waals surface area contributed by atoms with E-state index in [1.165, 1.54) is 0 Å². The zero-order valence-corrected chi connectivity index (χ0v) is 10.6. The second-order valence-corrected chi connectivity index (χ2v) is 6.37. The van der Waals surface area contributed by atoms with E-state index in [4.69, 9.17) is 10.7 Å². The Labute approximate surface area is 107 Å². The molecule has 1 fully saturated rings. The van der Waals surface area contributed by atoms with Crippen molar-refractivity contribution in [3.8, 4) is 0 Å². The Balaban J connectivity index is 2.03. The maximum absolute atomic E-state index is 11.3. The van der Waals surface area contributed by atoms with Crippen LogP contribution in [-0.4, -0.2) is 28.0 Å². The average Bonchev–Trinajstić information content (AvgIpc) is 2.65. The molecule has 2 aromatic rings. The lowest BCUT2D eigenvalue weighted by Gasteiger charge is -2.35. The van der Waals surface area contributed by atoms with Crippen molar-refractivity contribution in [1.29, 1.82) is 0 Å². The predicted octanol–water partition coefficient (Wildman–Crippen LogP) is 1.09. The molecule has 6 nitrogen and oxygen atoms in total. The molecule has 0 spiro atoms. The molecule has 18 heavy (non-hydrogen) atoms. The van der Waals surface area contributed by atoms with Crippen molar-refractivity contribution >= 4 is 31.5 Å². The summed E-state index contributed by atoms with van der Waals surface area (Å²) in [4.78, 5) is 15.6. The number of aromatic nitrogens is 2. The van der Waals surface area contributed by atoms with Crippen LogP contribution >= 0.6 is 10.7 Å². The molecule has 3 rings (SSSR count). The van der Waals surface area contributed by atoms with Gasteiger partial charge in [-0.05, 0) is 12.1 Å². The van der Waals surface area contributed by atoms with Gasteiger partial charge in [0.2, 0.25) is 5.91 Å². The summed E-state index contributed by atoms with van der Waals surface area (Å²) >= 11 is 0. The second-order valence-electron chi connectivity index (χ2n) is 3.98. The highest BCUT2D eigenvalue weighted by molar-refractivity contribution is 8.12. The molecule has 1 aliphatic heterocycles. The number of pyridine rings is 1. The van der Waals surface area contributed by atoms with Crippen LogP contribution in [0.2, 0.25) is 0 Å². The van der Waals surface area contributed by atoms with Crippen LogP contribution in [0, 0.1) is 0 Å². The van der Waals surface area contributed by atoms with Gasteiger partial charge in [0.05, 0.1) is 12.1 Å². The summed E-state index contributed by atoms with van der Waals surface area (Å²) in [5.41, 5.74) is 1.21. The molecule has 0 N–H and O–H groups in total. The number of halogens is 1. The summed E-state index contributed by atoms with van der Waals surface area (Å²) in [7, 11) is 1.17. The zero-order valence-electron chi connectivity index (χ0n) is 9.02. The Morgan fingerprint density at radius 2 is 2.17 bits per heavy atom. The smallest absolute Gasteiger partial charge is 0.307 e. The fraction of sp³-hybridized carbons (Fsp3) is 0.200. The molecule has 8 heteroatoms. The zero-order chi connectivity index (χ0) is 12.9. The van der Waals surface area contributed by atoms with E-state index in [9.17, 15) is 13.2 Å². The lowest BCUT2D eigenvalue weighted by Crippen LogP contribution is -2.48. The number of carbonyl (C=O) groups is 1. The molecular formula is C10H8ClN3O3S. The highest BCUT2D eigenvalue weighted by Gasteiger charge is 2.45. The number of nitrogens with zero attached hydrogens (tertiary/aromatic N) is 3. The fourth-order valence-electron chi connectivity index (χ4n) is 2.01. The Kier molecular flexibility index (Phi) is 2.36. The van der Waals surface area contributed by atoms with Crippen LogP contribution in [-0.2, 0) is 14.0 Å². The minimum atomic E-state index is -4.04. The van der Waals surface area contributed by atoms with Crippen LogP contribution in [0.15, 0.2) is 30.6 Å². The summed E-state index contributed by atoms with van der Waals surface area (Å²) in [5, 5.41) is 0. The van der Waals surface area contributed by atoms with E-state index in [2.05, 4.69) is 4.98 Å². The maximum Gasteiger partial charge on any atom is 0.324 e. The van der Waals surface area contributed by atoms with Crippen LogP contribution < -0.4 is 0 Å². The summed E-state index contributed by atoms with van der Waals surface area (Å²) < 4.78 is 24.9. The van der Waals surface area contributed by atoms with Crippen molar-refractivity contribution in [1.82, 2.24) is 13.7 Å². The second kappa shape index (κ2) is 3.69. The van der Waals surface area contributed by atoms with Gasteiger partial charge in [0.25, 0.3) is 0 Å². The van der Waals surface area contributed by atoms with Crippen molar-refractivity contribution < 1.29 is 13.2 Å². The van der Waals surface area contributed by atoms with Gasteiger partial charge in [0.1, 0.15) is 11.7 Å². The largest absolute Gasteiger partial charge is 0.324 e. The minimum Gasteiger partial charge on any atom is -0.307 e. The lowest BCUT2D eigenvalue weighted by atomic mass is 10.0. The number of imidazole rings is 1. The first kappa shape index (κ1) is 11.5. The van der Waals surface area contributed by atoms with Gasteiger partial charge in [-0.1, -0.05) is 6.07 Å². The molecule has 3 heterocycles. The van der Waals surface area contributed by atoms with Crippen molar-refractivity contribution in [2.24, 2.45) is 0 Å². The monoisotopic (exact) mass is 285 g/mol. The summed E-state index contributed by atoms with van der Waals surface area (Å²) in [6, 6.07) is 4.86. The van der Waals surface area contributed by atoms with Crippen molar-refractivity contribution in [2.75, 3.05) is 0 Å². The Hall–Kier alpha value is -1.60.